The predicted octanol–water partition coefficient (Wildman–Crippen LogP) is 0.773. The maximum absolute atomic E-state index is 11.6. The molecule has 122 valence electrons. The molecular formula is C13H20N4O4S. The summed E-state index contributed by atoms with van der Waals surface area (Å²) in [6.45, 7) is 1.27. The van der Waals surface area contributed by atoms with E-state index in [9.17, 15) is 18.5 Å². The molecular weight excluding hydrogens is 308 g/mol. The molecule has 1 aliphatic rings. The largest absolute Gasteiger partial charge is 0.364 e. The van der Waals surface area contributed by atoms with Crippen molar-refractivity contribution in [2.75, 3.05) is 32.1 Å². The Hall–Kier alpha value is -1.71. The summed E-state index contributed by atoms with van der Waals surface area (Å²) in [4.78, 5) is 14.2. The van der Waals surface area contributed by atoms with Gasteiger partial charge in [-0.1, -0.05) is 6.07 Å². The molecule has 0 aliphatic carbocycles. The number of rotatable bonds is 4. The Morgan fingerprint density at radius 3 is 2.64 bits per heavy atom. The molecule has 22 heavy (non-hydrogen) atoms. The number of anilines is 1. The van der Waals surface area contributed by atoms with E-state index in [1.807, 2.05) is 19.0 Å². The van der Waals surface area contributed by atoms with Gasteiger partial charge in [0.15, 0.2) is 4.90 Å². The van der Waals surface area contributed by atoms with E-state index in [4.69, 9.17) is 5.14 Å². The molecule has 1 aromatic rings. The van der Waals surface area contributed by atoms with E-state index in [-0.39, 0.29) is 6.04 Å². The number of nitro benzene ring substituents is 1. The van der Waals surface area contributed by atoms with Crippen LogP contribution in [0.25, 0.3) is 0 Å². The van der Waals surface area contributed by atoms with Crippen molar-refractivity contribution in [1.82, 2.24) is 4.90 Å². The number of nitrogens with zero attached hydrogens (tertiary/aromatic N) is 3. The first kappa shape index (κ1) is 16.7. The molecule has 1 unspecified atom stereocenters. The summed E-state index contributed by atoms with van der Waals surface area (Å²) in [6.07, 6.45) is 1.89. The molecule has 1 aromatic carbocycles. The summed E-state index contributed by atoms with van der Waals surface area (Å²) < 4.78 is 23.2. The van der Waals surface area contributed by atoms with Crippen LogP contribution in [-0.4, -0.2) is 51.5 Å². The second-order valence-corrected chi connectivity index (χ2v) is 7.16. The fraction of sp³-hybridized carbons (Fsp3) is 0.538. The Bertz CT molecular complexity index is 675. The van der Waals surface area contributed by atoms with Crippen LogP contribution in [0.3, 0.4) is 0 Å². The van der Waals surface area contributed by atoms with Crippen molar-refractivity contribution in [2.24, 2.45) is 5.14 Å². The van der Waals surface area contributed by atoms with Crippen molar-refractivity contribution in [3.8, 4) is 0 Å². The molecule has 0 radical (unpaired) electrons. The number of para-hydroxylation sites is 1. The van der Waals surface area contributed by atoms with E-state index in [1.54, 1.807) is 6.07 Å². The van der Waals surface area contributed by atoms with Crippen molar-refractivity contribution in [3.05, 3.63) is 28.3 Å². The molecule has 9 heteroatoms. The third kappa shape index (κ3) is 3.37. The summed E-state index contributed by atoms with van der Waals surface area (Å²) >= 11 is 0. The molecule has 1 atom stereocenters. The highest BCUT2D eigenvalue weighted by molar-refractivity contribution is 7.89. The SMILES string of the molecule is CN(C)C1CCCN(c2cccc(S(N)(=O)=O)c2[N+](=O)[O-])C1. The number of nitro groups is 1. The van der Waals surface area contributed by atoms with Crippen LogP contribution in [0, 0.1) is 10.1 Å². The van der Waals surface area contributed by atoms with Crippen LogP contribution in [-0.2, 0) is 10.0 Å². The zero-order valence-corrected chi connectivity index (χ0v) is 13.4. The van der Waals surface area contributed by atoms with Gasteiger partial charge in [0.2, 0.25) is 10.0 Å². The van der Waals surface area contributed by atoms with Gasteiger partial charge in [0.05, 0.1) is 4.92 Å². The minimum Gasteiger partial charge on any atom is -0.364 e. The van der Waals surface area contributed by atoms with Gasteiger partial charge < -0.3 is 9.80 Å². The quantitative estimate of drug-likeness (QED) is 0.646. The molecule has 0 saturated carbocycles. The van der Waals surface area contributed by atoms with Gasteiger partial charge in [-0.2, -0.15) is 0 Å². The van der Waals surface area contributed by atoms with Crippen LogP contribution in [0.2, 0.25) is 0 Å². The zero-order valence-electron chi connectivity index (χ0n) is 12.6. The van der Waals surface area contributed by atoms with Crippen LogP contribution >= 0.6 is 0 Å². The molecule has 1 aliphatic heterocycles. The number of primary sulfonamides is 1. The molecule has 0 aromatic heterocycles. The number of likely N-dealkylation sites (N-methyl/N-ethyl adjacent to an activating group) is 1. The van der Waals surface area contributed by atoms with Gasteiger partial charge in [-0.3, -0.25) is 10.1 Å². The Morgan fingerprint density at radius 1 is 1.41 bits per heavy atom. The summed E-state index contributed by atoms with van der Waals surface area (Å²) in [7, 11) is -0.225. The molecule has 1 saturated heterocycles. The van der Waals surface area contributed by atoms with Gasteiger partial charge in [0, 0.05) is 19.1 Å². The van der Waals surface area contributed by atoms with Gasteiger partial charge >= 0.3 is 5.69 Å². The first-order chi connectivity index (χ1) is 10.2. The second kappa shape index (κ2) is 6.19. The number of hydrogen-bond acceptors (Lipinski definition) is 6. The lowest BCUT2D eigenvalue weighted by Gasteiger charge is -2.37. The van der Waals surface area contributed by atoms with E-state index in [0.29, 0.717) is 18.8 Å². The average molecular weight is 328 g/mol. The normalized spacial score (nSPS) is 19.5. The van der Waals surface area contributed by atoms with Crippen LogP contribution in [0.15, 0.2) is 23.1 Å². The minimum atomic E-state index is -4.15. The third-order valence-corrected chi connectivity index (χ3v) is 4.88. The predicted molar refractivity (Wildman–Crippen MR) is 83.4 cm³/mol. The van der Waals surface area contributed by atoms with Crippen molar-refractivity contribution in [3.63, 3.8) is 0 Å². The lowest BCUT2D eigenvalue weighted by atomic mass is 10.0. The van der Waals surface area contributed by atoms with Gasteiger partial charge in [-0.15, -0.1) is 0 Å². The summed E-state index contributed by atoms with van der Waals surface area (Å²) in [5, 5.41) is 16.5. The van der Waals surface area contributed by atoms with Crippen LogP contribution in [0.5, 0.6) is 0 Å². The highest BCUT2D eigenvalue weighted by Gasteiger charge is 2.31. The Kier molecular flexibility index (Phi) is 4.69. The fourth-order valence-electron chi connectivity index (χ4n) is 2.77. The van der Waals surface area contributed by atoms with E-state index in [2.05, 4.69) is 4.90 Å². The maximum atomic E-state index is 11.6. The van der Waals surface area contributed by atoms with E-state index >= 15 is 0 Å². The Labute approximate surface area is 129 Å². The standard InChI is InChI=1S/C13H20N4O4S/c1-15(2)10-5-4-8-16(9-10)11-6-3-7-12(22(14,20)21)13(11)17(18)19/h3,6-7,10H,4-5,8-9H2,1-2H3,(H2,14,20,21). The summed E-state index contributed by atoms with van der Waals surface area (Å²) in [5.74, 6) is 0. The molecule has 2 N–H and O–H groups in total. The van der Waals surface area contributed by atoms with E-state index in [1.165, 1.54) is 12.1 Å². The molecule has 0 bridgehead atoms. The highest BCUT2D eigenvalue weighted by atomic mass is 32.2. The minimum absolute atomic E-state index is 0.270. The molecule has 0 spiro atoms. The fourth-order valence-corrected chi connectivity index (χ4v) is 3.49. The van der Waals surface area contributed by atoms with Gasteiger partial charge in [-0.05, 0) is 39.1 Å². The smallest absolute Gasteiger partial charge is 0.312 e. The summed E-state index contributed by atoms with van der Waals surface area (Å²) in [6, 6.07) is 4.50. The molecule has 2 rings (SSSR count). The number of hydrogen-bond donors (Lipinski definition) is 1. The molecule has 8 nitrogen and oxygen atoms in total. The van der Waals surface area contributed by atoms with Crippen LogP contribution < -0.4 is 10.0 Å². The Balaban J connectivity index is 2.49. The van der Waals surface area contributed by atoms with E-state index in [0.717, 1.165) is 12.8 Å². The number of nitrogens with two attached hydrogens (primary N) is 1. The molecule has 1 fully saturated rings. The maximum Gasteiger partial charge on any atom is 0.312 e. The number of sulfonamides is 1. The van der Waals surface area contributed by atoms with Gasteiger partial charge in [0.1, 0.15) is 5.69 Å². The first-order valence-electron chi connectivity index (χ1n) is 6.93. The van der Waals surface area contributed by atoms with Gasteiger partial charge in [0.25, 0.3) is 0 Å². The van der Waals surface area contributed by atoms with Crippen molar-refractivity contribution < 1.29 is 13.3 Å². The first-order valence-corrected chi connectivity index (χ1v) is 8.48. The van der Waals surface area contributed by atoms with Gasteiger partial charge in [-0.25, -0.2) is 13.6 Å². The van der Waals surface area contributed by atoms with Crippen molar-refractivity contribution in [1.29, 1.82) is 0 Å². The lowest BCUT2D eigenvalue weighted by Crippen LogP contribution is -2.45. The lowest BCUT2D eigenvalue weighted by molar-refractivity contribution is -0.387. The van der Waals surface area contributed by atoms with Crippen molar-refractivity contribution >= 4 is 21.4 Å². The van der Waals surface area contributed by atoms with E-state index < -0.39 is 25.5 Å². The average Bonchev–Trinajstić information content (AvgIpc) is 2.45. The number of piperidine rings is 1. The summed E-state index contributed by atoms with van der Waals surface area (Å²) in [5.41, 5.74) is -0.132. The van der Waals surface area contributed by atoms with Crippen LogP contribution in [0.1, 0.15) is 12.8 Å². The second-order valence-electron chi connectivity index (χ2n) is 5.63. The molecule has 0 amide bonds. The zero-order chi connectivity index (χ0) is 16.5. The molecule has 1 heterocycles. The Morgan fingerprint density at radius 2 is 2.09 bits per heavy atom. The number of benzene rings is 1. The van der Waals surface area contributed by atoms with Crippen molar-refractivity contribution in [2.45, 2.75) is 23.8 Å². The monoisotopic (exact) mass is 328 g/mol. The van der Waals surface area contributed by atoms with Crippen LogP contribution in [0.4, 0.5) is 11.4 Å². The third-order valence-electron chi connectivity index (χ3n) is 3.93. The topological polar surface area (TPSA) is 110 Å². The highest BCUT2D eigenvalue weighted by Crippen LogP contribution is 2.35.